The number of hydrogen-bond acceptors (Lipinski definition) is 21. The predicted molar refractivity (Wildman–Crippen MR) is 284 cm³/mol. The quantitative estimate of drug-likeness (QED) is 0.0272. The molecule has 0 radical (unpaired) electrons. The number of azo groups is 1. The Morgan fingerprint density at radius 2 is 1.06 bits per heavy atom. The summed E-state index contributed by atoms with van der Waals surface area (Å²) >= 11 is -2.88. The Kier molecular flexibility index (Phi) is 32.6. The van der Waals surface area contributed by atoms with Crippen LogP contribution in [0.1, 0.15) is 43.0 Å². The number of nitro benzene ring substituents is 2. The molecule has 7 aromatic carbocycles. The Balaban J connectivity index is 0.00000104. The first-order chi connectivity index (χ1) is 38.7. The second kappa shape index (κ2) is 37.3. The van der Waals surface area contributed by atoms with Crippen LogP contribution in [0.25, 0.3) is 19.9 Å². The molecular weight excluding hydrogens is 1180 g/mol. The zero-order valence-corrected chi connectivity index (χ0v) is 46.0. The summed E-state index contributed by atoms with van der Waals surface area (Å²) in [6.07, 6.45) is 0. The van der Waals surface area contributed by atoms with E-state index in [0.29, 0.717) is 39.7 Å². The fraction of sp³-hybridized carbons (Fsp3) is 0.102. The molecule has 1 atom stereocenters. The largest absolute Gasteiger partial charge is 1.00 e. The molecule has 1 aliphatic rings. The molecule has 2 N–H and O–H groups in total. The van der Waals surface area contributed by atoms with Crippen molar-refractivity contribution in [3.8, 4) is 17.2 Å². The molecule has 1 unspecified atom stereocenters. The summed E-state index contributed by atoms with van der Waals surface area (Å²) in [6.45, 7) is 3.94. The standard InChI is InChI=1S/C14H12N5O4.C14H14N4.C14H7N2O2.C7H6N3O3.BF3.2ClH.FH.H2O4S/c1-22-13-8-12(14(23-2)7-11(13)16-15)18-17-9-3-5-10(6-4-9)19(20)21;1-10-5-3-4-6-14(10)18-17-12-7-8-13(16-15)11(2)9-12;15-16-11-7-3-6-10-12(11)14(18)9-5-2-1-4-8(9)13(10)17;1-13-7-4-5(10(11)12)2-3-6(7)9-8;2-1(3)4;;;;1-4-5(2)3/h3-8H,1-2H3;3-9,15H,1-2H3;1-7H;2-4H,1H3;;3*1H;1H,(H,2,3)/q+1;;2*+1;;;;;/p-4. The topological polar surface area (TPSA) is 382 Å². The number of non-ortho nitro benzene ring substituents is 2. The first-order valence-electron chi connectivity index (χ1n) is 22.2. The molecule has 0 saturated heterocycles. The average molecular weight is 1220 g/mol. The lowest BCUT2D eigenvalue weighted by molar-refractivity contribution is -0.635. The van der Waals surface area contributed by atoms with Crippen LogP contribution in [0.5, 0.6) is 17.2 Å². The molecule has 0 spiro atoms. The number of halogens is 6. The van der Waals surface area contributed by atoms with Gasteiger partial charge in [-0.05, 0) is 55.8 Å². The highest BCUT2D eigenvalue weighted by molar-refractivity contribution is 7.73. The number of diazo groups is 4. The van der Waals surface area contributed by atoms with Crippen LogP contribution in [0, 0.1) is 55.6 Å². The number of nitrogens with zero attached hydrogens (tertiary/aromatic N) is 12. The van der Waals surface area contributed by atoms with Crippen LogP contribution in [0.3, 0.4) is 0 Å². The van der Waals surface area contributed by atoms with E-state index in [4.69, 9.17) is 49.8 Å². The Morgan fingerprint density at radius 1 is 0.571 bits per heavy atom. The second-order valence-corrected chi connectivity index (χ2v) is 15.7. The van der Waals surface area contributed by atoms with Crippen molar-refractivity contribution in [1.82, 2.24) is 0 Å². The highest BCUT2D eigenvalue weighted by Gasteiger charge is 2.35. The SMILES string of the molecule is COc1cc([N+]#N)c(OC)cc1N=Nc1ccc([N+](=O)[O-])cc1.COc1cc([N+](=O)[O-])ccc1[N+]#N.Cc1cc(NNc2ccccc2C)ccc1[N+]#N.FB(F)F.N#[N+]c1cccc2c1C(=O)c1ccccc1C2=O.O=S([O-])O[O-].[Cl-].[Cl-].[F-]. The van der Waals surface area contributed by atoms with E-state index in [1.807, 2.05) is 50.2 Å². The van der Waals surface area contributed by atoms with Crippen molar-refractivity contribution in [3.63, 3.8) is 0 Å². The van der Waals surface area contributed by atoms with Crippen molar-refractivity contribution in [1.29, 1.82) is 21.6 Å². The van der Waals surface area contributed by atoms with Crippen LogP contribution in [0.15, 0.2) is 150 Å². The summed E-state index contributed by atoms with van der Waals surface area (Å²) in [7, 11) is 0.537. The third-order valence-corrected chi connectivity index (χ3v) is 10.4. The minimum atomic E-state index is -3.67. The van der Waals surface area contributed by atoms with Gasteiger partial charge in [0, 0.05) is 64.7 Å². The van der Waals surface area contributed by atoms with Gasteiger partial charge in [0.15, 0.2) is 31.4 Å². The Bertz CT molecular complexity index is 3650. The summed E-state index contributed by atoms with van der Waals surface area (Å²) in [5.74, 6) is 0.297. The van der Waals surface area contributed by atoms with E-state index < -0.39 is 28.8 Å². The van der Waals surface area contributed by atoms with Gasteiger partial charge in [0.2, 0.25) is 38.9 Å². The van der Waals surface area contributed by atoms with Crippen molar-refractivity contribution >= 4 is 87.3 Å². The maximum Gasteiger partial charge on any atom is 0.762 e. The van der Waals surface area contributed by atoms with E-state index in [1.165, 1.54) is 87.6 Å². The fourth-order valence-electron chi connectivity index (χ4n) is 6.55. The van der Waals surface area contributed by atoms with Crippen LogP contribution in [-0.2, 0) is 15.7 Å². The van der Waals surface area contributed by atoms with Gasteiger partial charge in [-0.3, -0.25) is 42.8 Å². The summed E-state index contributed by atoms with van der Waals surface area (Å²) in [5.41, 5.74) is 13.2. The summed E-state index contributed by atoms with van der Waals surface area (Å²) in [4.78, 5) is 56.7. The van der Waals surface area contributed by atoms with Gasteiger partial charge in [0.05, 0.1) is 71.7 Å². The van der Waals surface area contributed by atoms with E-state index in [2.05, 4.69) is 45.3 Å². The molecule has 0 fully saturated rings. The molecular formula is C49H40BCl2F4N14O13S-. The van der Waals surface area contributed by atoms with E-state index >= 15 is 0 Å². The van der Waals surface area contributed by atoms with Gasteiger partial charge >= 0.3 is 30.3 Å². The minimum absolute atomic E-state index is 0. The number of rotatable bonds is 11. The van der Waals surface area contributed by atoms with Crippen LogP contribution < -0.4 is 59.8 Å². The van der Waals surface area contributed by atoms with Gasteiger partial charge < -0.3 is 68.7 Å². The van der Waals surface area contributed by atoms with Crippen molar-refractivity contribution in [2.45, 2.75) is 13.8 Å². The molecule has 0 aliphatic heterocycles. The molecule has 35 heteroatoms. The molecule has 0 amide bonds. The predicted octanol–water partition coefficient (Wildman–Crippen LogP) is 3.74. The van der Waals surface area contributed by atoms with Crippen LogP contribution >= 0.6 is 0 Å². The van der Waals surface area contributed by atoms with E-state index in [9.17, 15) is 42.8 Å². The molecule has 1 aliphatic carbocycles. The lowest BCUT2D eigenvalue weighted by Crippen LogP contribution is -3.00. The number of ether oxygens (including phenoxy) is 3. The maximum absolute atomic E-state index is 12.3. The number of hydrogen-bond donors (Lipinski definition) is 2. The summed E-state index contributed by atoms with van der Waals surface area (Å²) in [5, 5.41) is 72.5. The normalized spacial score (nSPS) is 10.2. The van der Waals surface area contributed by atoms with Crippen LogP contribution in [-0.4, -0.2) is 59.0 Å². The molecule has 0 aromatic heterocycles. The highest BCUT2D eigenvalue weighted by Crippen LogP contribution is 2.40. The van der Waals surface area contributed by atoms with Gasteiger partial charge in [-0.15, -0.1) is 5.11 Å². The lowest BCUT2D eigenvalue weighted by atomic mass is 9.83. The Morgan fingerprint density at radius 3 is 1.56 bits per heavy atom. The van der Waals surface area contributed by atoms with E-state index in [1.54, 1.807) is 42.5 Å². The smallest absolute Gasteiger partial charge is 0.762 e. The van der Waals surface area contributed by atoms with Crippen molar-refractivity contribution in [2.24, 2.45) is 10.2 Å². The molecule has 0 heterocycles. The number of anilines is 2. The number of benzene rings is 7. The van der Waals surface area contributed by atoms with Crippen molar-refractivity contribution in [3.05, 3.63) is 213 Å². The number of ketones is 2. The number of para-hydroxylation sites is 1. The monoisotopic (exact) mass is 1220 g/mol. The Labute approximate surface area is 488 Å². The molecule has 84 heavy (non-hydrogen) atoms. The first kappa shape index (κ1) is 73.4. The number of hydrazine groups is 1. The van der Waals surface area contributed by atoms with Crippen molar-refractivity contribution < 1.29 is 94.5 Å². The molecule has 0 bridgehead atoms. The van der Waals surface area contributed by atoms with Crippen LogP contribution in [0.4, 0.5) is 69.8 Å². The number of nitro groups is 2. The zero-order valence-electron chi connectivity index (χ0n) is 43.7. The summed E-state index contributed by atoms with van der Waals surface area (Å²) < 4.78 is 64.1. The lowest BCUT2D eigenvalue weighted by Gasteiger charge is -2.14. The van der Waals surface area contributed by atoms with Crippen molar-refractivity contribution in [2.75, 3.05) is 32.2 Å². The molecule has 436 valence electrons. The number of carbonyl (C=O) groups is 2. The summed E-state index contributed by atoms with van der Waals surface area (Å²) in [6, 6.07) is 37.2. The molecule has 8 rings (SSSR count). The van der Waals surface area contributed by atoms with Gasteiger partial charge in [0.25, 0.3) is 11.4 Å². The molecule has 7 aromatic rings. The van der Waals surface area contributed by atoms with Gasteiger partial charge in [0.1, 0.15) is 11.3 Å². The number of methoxy groups -OCH3 is 3. The van der Waals surface area contributed by atoms with E-state index in [0.717, 1.165) is 16.9 Å². The fourth-order valence-corrected chi connectivity index (χ4v) is 6.55. The van der Waals surface area contributed by atoms with Gasteiger partial charge in [-0.1, -0.05) is 48.5 Å². The van der Waals surface area contributed by atoms with E-state index in [-0.39, 0.29) is 86.4 Å². The van der Waals surface area contributed by atoms with Gasteiger partial charge in [-0.25, -0.2) is 4.21 Å². The average Bonchev–Trinajstić information content (AvgIpc) is 2.81. The van der Waals surface area contributed by atoms with Gasteiger partial charge in [-0.2, -0.15) is 5.11 Å². The number of fused-ring (bicyclic) bond motifs is 2. The molecule has 27 nitrogen and oxygen atoms in total. The third kappa shape index (κ3) is 21.8. The second-order valence-electron chi connectivity index (χ2n) is 15.2. The third-order valence-electron chi connectivity index (χ3n) is 10.3. The number of aryl methyl sites for hydroxylation is 2. The van der Waals surface area contributed by atoms with Crippen LogP contribution in [0.2, 0.25) is 0 Å². The number of nitrogens with one attached hydrogen (secondary N) is 2. The Hall–Kier alpha value is -10.6. The number of carbonyl (C=O) groups excluding carboxylic acids is 2. The zero-order chi connectivity index (χ0) is 60.2. The highest BCUT2D eigenvalue weighted by atomic mass is 35.5. The molecule has 0 saturated carbocycles. The minimum Gasteiger partial charge on any atom is -1.00 e. The first-order valence-corrected chi connectivity index (χ1v) is 23.2. The maximum atomic E-state index is 12.3.